The SMILES string of the molecule is C1=C(COCc2ccccn2)NC(c2ccc3c(c2)OCO3)O1.CC. The van der Waals surface area contributed by atoms with Crippen LogP contribution in [0.15, 0.2) is 54.6 Å². The second-order valence-corrected chi connectivity index (χ2v) is 5.23. The van der Waals surface area contributed by atoms with Crippen molar-refractivity contribution in [3.05, 3.63) is 65.8 Å². The fraction of sp³-hybridized carbons (Fsp3) is 0.316. The highest BCUT2D eigenvalue weighted by atomic mass is 16.7. The van der Waals surface area contributed by atoms with E-state index in [4.69, 9.17) is 18.9 Å². The van der Waals surface area contributed by atoms with Gasteiger partial charge >= 0.3 is 0 Å². The molecular formula is C19H22N2O4. The Morgan fingerprint density at radius 3 is 2.84 bits per heavy atom. The number of nitrogens with zero attached hydrogens (tertiary/aromatic N) is 1. The molecule has 0 spiro atoms. The second-order valence-electron chi connectivity index (χ2n) is 5.23. The van der Waals surface area contributed by atoms with Crippen molar-refractivity contribution in [3.8, 4) is 11.5 Å². The van der Waals surface area contributed by atoms with Gasteiger partial charge < -0.3 is 24.3 Å². The molecule has 0 fully saturated rings. The Morgan fingerprint density at radius 2 is 2.00 bits per heavy atom. The molecule has 0 amide bonds. The molecule has 25 heavy (non-hydrogen) atoms. The van der Waals surface area contributed by atoms with Crippen molar-refractivity contribution >= 4 is 0 Å². The summed E-state index contributed by atoms with van der Waals surface area (Å²) in [7, 11) is 0. The molecule has 3 heterocycles. The van der Waals surface area contributed by atoms with Crippen molar-refractivity contribution in [2.45, 2.75) is 26.7 Å². The van der Waals surface area contributed by atoms with Crippen LogP contribution in [0.2, 0.25) is 0 Å². The summed E-state index contributed by atoms with van der Waals surface area (Å²) in [6, 6.07) is 11.5. The Hall–Kier alpha value is -2.73. The van der Waals surface area contributed by atoms with Gasteiger partial charge in [-0.25, -0.2) is 0 Å². The van der Waals surface area contributed by atoms with E-state index in [-0.39, 0.29) is 13.0 Å². The molecule has 1 N–H and O–H groups in total. The van der Waals surface area contributed by atoms with Gasteiger partial charge in [-0.1, -0.05) is 19.9 Å². The number of hydrogen-bond donors (Lipinski definition) is 1. The number of aromatic nitrogens is 1. The van der Waals surface area contributed by atoms with Gasteiger partial charge in [0, 0.05) is 11.8 Å². The van der Waals surface area contributed by atoms with Gasteiger partial charge in [-0.2, -0.15) is 0 Å². The summed E-state index contributed by atoms with van der Waals surface area (Å²) in [4.78, 5) is 4.22. The summed E-state index contributed by atoms with van der Waals surface area (Å²) in [5, 5.41) is 3.28. The van der Waals surface area contributed by atoms with Gasteiger partial charge in [0.15, 0.2) is 17.7 Å². The molecule has 1 atom stereocenters. The molecule has 0 saturated heterocycles. The van der Waals surface area contributed by atoms with E-state index in [1.54, 1.807) is 12.5 Å². The van der Waals surface area contributed by atoms with Crippen molar-refractivity contribution in [3.63, 3.8) is 0 Å². The number of fused-ring (bicyclic) bond motifs is 1. The molecular weight excluding hydrogens is 320 g/mol. The predicted molar refractivity (Wildman–Crippen MR) is 92.9 cm³/mol. The van der Waals surface area contributed by atoms with E-state index in [9.17, 15) is 0 Å². The van der Waals surface area contributed by atoms with E-state index < -0.39 is 0 Å². The van der Waals surface area contributed by atoms with Crippen LogP contribution in [0.3, 0.4) is 0 Å². The predicted octanol–water partition coefficient (Wildman–Crippen LogP) is 3.51. The Morgan fingerprint density at radius 1 is 1.12 bits per heavy atom. The van der Waals surface area contributed by atoms with Crippen LogP contribution in [-0.4, -0.2) is 18.4 Å². The van der Waals surface area contributed by atoms with Crippen LogP contribution < -0.4 is 14.8 Å². The minimum atomic E-state index is -0.238. The summed E-state index contributed by atoms with van der Waals surface area (Å²) in [6.07, 6.45) is 3.20. The van der Waals surface area contributed by atoms with Gasteiger partial charge in [0.1, 0.15) is 6.26 Å². The average molecular weight is 342 g/mol. The normalized spacial score (nSPS) is 17.0. The maximum Gasteiger partial charge on any atom is 0.231 e. The highest BCUT2D eigenvalue weighted by Crippen LogP contribution is 2.35. The van der Waals surface area contributed by atoms with E-state index in [2.05, 4.69) is 10.3 Å². The van der Waals surface area contributed by atoms with Crippen LogP contribution in [0.5, 0.6) is 11.5 Å². The lowest BCUT2D eigenvalue weighted by Gasteiger charge is -2.13. The first-order valence-electron chi connectivity index (χ1n) is 8.37. The van der Waals surface area contributed by atoms with Crippen LogP contribution >= 0.6 is 0 Å². The number of hydrogen-bond acceptors (Lipinski definition) is 6. The molecule has 0 bridgehead atoms. The lowest BCUT2D eigenvalue weighted by molar-refractivity contribution is 0.131. The monoisotopic (exact) mass is 342 g/mol. The summed E-state index contributed by atoms with van der Waals surface area (Å²) < 4.78 is 22.0. The Labute approximate surface area is 147 Å². The molecule has 0 saturated carbocycles. The van der Waals surface area contributed by atoms with Gasteiger partial charge in [-0.3, -0.25) is 4.98 Å². The first kappa shape index (κ1) is 17.1. The number of rotatable bonds is 5. The number of pyridine rings is 1. The standard InChI is InChI=1S/C17H16N2O4.C2H6/c1-2-6-18-13(3-1)8-20-9-14-10-21-17(19-14)12-4-5-15-16(7-12)23-11-22-15;1-2/h1-7,10,17,19H,8-9,11H2;1-2H3. The average Bonchev–Trinajstić information content (AvgIpc) is 3.33. The molecule has 6 nitrogen and oxygen atoms in total. The van der Waals surface area contributed by atoms with Gasteiger partial charge in [0.2, 0.25) is 6.79 Å². The number of nitrogens with one attached hydrogen (secondary N) is 1. The molecule has 1 unspecified atom stereocenters. The zero-order valence-corrected chi connectivity index (χ0v) is 14.4. The van der Waals surface area contributed by atoms with Crippen LogP contribution in [0.1, 0.15) is 31.3 Å². The quantitative estimate of drug-likeness (QED) is 0.897. The third-order valence-electron chi connectivity index (χ3n) is 3.60. The number of benzene rings is 1. The van der Waals surface area contributed by atoms with E-state index in [0.29, 0.717) is 13.2 Å². The van der Waals surface area contributed by atoms with Gasteiger partial charge in [0.05, 0.1) is 24.6 Å². The smallest absolute Gasteiger partial charge is 0.231 e. The Bertz CT molecular complexity index is 719. The van der Waals surface area contributed by atoms with Crippen LogP contribution in [0.25, 0.3) is 0 Å². The first-order valence-corrected chi connectivity index (χ1v) is 8.37. The molecule has 6 heteroatoms. The van der Waals surface area contributed by atoms with Gasteiger partial charge in [-0.05, 0) is 30.3 Å². The summed E-state index contributed by atoms with van der Waals surface area (Å²) in [5.41, 5.74) is 2.77. The lowest BCUT2D eigenvalue weighted by atomic mass is 10.2. The molecule has 1 aromatic heterocycles. The van der Waals surface area contributed by atoms with E-state index >= 15 is 0 Å². The maximum absolute atomic E-state index is 5.65. The van der Waals surface area contributed by atoms with Crippen LogP contribution in [0, 0.1) is 0 Å². The van der Waals surface area contributed by atoms with E-state index in [1.165, 1.54) is 0 Å². The highest BCUT2D eigenvalue weighted by Gasteiger charge is 2.22. The second kappa shape index (κ2) is 8.39. The van der Waals surface area contributed by atoms with Crippen molar-refractivity contribution in [2.75, 3.05) is 13.4 Å². The third-order valence-corrected chi connectivity index (χ3v) is 3.60. The lowest BCUT2D eigenvalue weighted by Crippen LogP contribution is -2.18. The maximum atomic E-state index is 5.65. The van der Waals surface area contributed by atoms with Crippen molar-refractivity contribution in [2.24, 2.45) is 0 Å². The Kier molecular flexibility index (Phi) is 5.74. The van der Waals surface area contributed by atoms with Crippen LogP contribution in [-0.2, 0) is 16.1 Å². The van der Waals surface area contributed by atoms with Crippen molar-refractivity contribution < 1.29 is 18.9 Å². The van der Waals surface area contributed by atoms with Gasteiger partial charge in [0.25, 0.3) is 0 Å². The van der Waals surface area contributed by atoms with Crippen molar-refractivity contribution in [1.29, 1.82) is 0 Å². The minimum absolute atomic E-state index is 0.238. The zero-order valence-electron chi connectivity index (χ0n) is 14.4. The molecule has 0 aliphatic carbocycles. The fourth-order valence-corrected chi connectivity index (χ4v) is 2.45. The third kappa shape index (κ3) is 4.22. The Balaban J connectivity index is 0.000000880. The molecule has 2 aliphatic heterocycles. The van der Waals surface area contributed by atoms with Gasteiger partial charge in [-0.15, -0.1) is 0 Å². The molecule has 4 rings (SSSR count). The fourth-order valence-electron chi connectivity index (χ4n) is 2.45. The van der Waals surface area contributed by atoms with Crippen molar-refractivity contribution in [1.82, 2.24) is 10.3 Å². The molecule has 132 valence electrons. The first-order chi connectivity index (χ1) is 12.4. The van der Waals surface area contributed by atoms with E-state index in [1.807, 2.05) is 50.2 Å². The zero-order chi connectivity index (χ0) is 17.5. The molecule has 1 aromatic carbocycles. The topological polar surface area (TPSA) is 61.8 Å². The molecule has 2 aromatic rings. The molecule has 0 radical (unpaired) electrons. The number of ether oxygens (including phenoxy) is 4. The molecule has 2 aliphatic rings. The highest BCUT2D eigenvalue weighted by molar-refractivity contribution is 5.45. The summed E-state index contributed by atoms with van der Waals surface area (Å²) in [5.74, 6) is 1.51. The summed E-state index contributed by atoms with van der Waals surface area (Å²) in [6.45, 7) is 5.18. The minimum Gasteiger partial charge on any atom is -0.472 e. The van der Waals surface area contributed by atoms with Crippen LogP contribution in [0.4, 0.5) is 0 Å². The largest absolute Gasteiger partial charge is 0.472 e. The van der Waals surface area contributed by atoms with E-state index in [0.717, 1.165) is 28.5 Å². The summed E-state index contributed by atoms with van der Waals surface area (Å²) >= 11 is 0.